The summed E-state index contributed by atoms with van der Waals surface area (Å²) in [5, 5.41) is 18.3. The van der Waals surface area contributed by atoms with Gasteiger partial charge in [-0.25, -0.2) is 4.68 Å². The summed E-state index contributed by atoms with van der Waals surface area (Å²) in [5.41, 5.74) is 2.25. The van der Waals surface area contributed by atoms with E-state index < -0.39 is 6.10 Å². The summed E-state index contributed by atoms with van der Waals surface area (Å²) in [4.78, 5) is 3.94. The van der Waals surface area contributed by atoms with Gasteiger partial charge in [-0.05, 0) is 29.8 Å². The molecule has 0 aliphatic rings. The number of aromatic nitrogens is 4. The second-order valence-corrected chi connectivity index (χ2v) is 4.09. The molecule has 2 aromatic heterocycles. The van der Waals surface area contributed by atoms with E-state index in [0.717, 1.165) is 11.3 Å². The van der Waals surface area contributed by atoms with Crippen LogP contribution in [-0.2, 0) is 0 Å². The van der Waals surface area contributed by atoms with Gasteiger partial charge in [0.15, 0.2) is 0 Å². The van der Waals surface area contributed by atoms with Crippen molar-refractivity contribution in [3.63, 3.8) is 0 Å². The first-order valence-electron chi connectivity index (χ1n) is 5.90. The predicted molar refractivity (Wildman–Crippen MR) is 69.7 cm³/mol. The monoisotopic (exact) mass is 252 g/mol. The van der Waals surface area contributed by atoms with E-state index in [1.54, 1.807) is 35.4 Å². The van der Waals surface area contributed by atoms with Crippen LogP contribution in [0.5, 0.6) is 0 Å². The van der Waals surface area contributed by atoms with Crippen molar-refractivity contribution in [2.45, 2.75) is 6.10 Å². The van der Waals surface area contributed by atoms with Gasteiger partial charge in [0.2, 0.25) is 0 Å². The molecule has 0 saturated carbocycles. The molecule has 0 spiro atoms. The van der Waals surface area contributed by atoms with E-state index in [2.05, 4.69) is 15.3 Å². The average molecular weight is 252 g/mol. The Morgan fingerprint density at radius 3 is 2.47 bits per heavy atom. The molecule has 3 rings (SSSR count). The van der Waals surface area contributed by atoms with Crippen LogP contribution in [0.15, 0.2) is 61.1 Å². The highest BCUT2D eigenvalue weighted by molar-refractivity contribution is 5.34. The summed E-state index contributed by atoms with van der Waals surface area (Å²) >= 11 is 0. The minimum Gasteiger partial charge on any atom is -0.382 e. The van der Waals surface area contributed by atoms with Gasteiger partial charge in [-0.3, -0.25) is 4.98 Å². The standard InChI is InChI=1S/C14H12N4O/c19-14(11-6-8-15-9-7-11)13-10-16-17-18(13)12-4-2-1-3-5-12/h1-10,14,19H. The molecule has 1 unspecified atom stereocenters. The summed E-state index contributed by atoms with van der Waals surface area (Å²) in [6.45, 7) is 0. The van der Waals surface area contributed by atoms with E-state index in [4.69, 9.17) is 0 Å². The van der Waals surface area contributed by atoms with E-state index in [9.17, 15) is 5.11 Å². The first-order valence-corrected chi connectivity index (χ1v) is 5.90. The lowest BCUT2D eigenvalue weighted by Gasteiger charge is -2.12. The maximum atomic E-state index is 10.4. The van der Waals surface area contributed by atoms with Gasteiger partial charge < -0.3 is 5.11 Å². The Bertz CT molecular complexity index is 651. The van der Waals surface area contributed by atoms with Gasteiger partial charge in [0.25, 0.3) is 0 Å². The maximum absolute atomic E-state index is 10.4. The van der Waals surface area contributed by atoms with E-state index >= 15 is 0 Å². The van der Waals surface area contributed by atoms with Gasteiger partial charge in [-0.1, -0.05) is 23.4 Å². The SMILES string of the molecule is OC(c1ccncc1)c1cnnn1-c1ccccc1. The average Bonchev–Trinajstić information content (AvgIpc) is 2.98. The quantitative estimate of drug-likeness (QED) is 0.771. The maximum Gasteiger partial charge on any atom is 0.123 e. The number of pyridine rings is 1. The molecule has 19 heavy (non-hydrogen) atoms. The van der Waals surface area contributed by atoms with Crippen LogP contribution < -0.4 is 0 Å². The van der Waals surface area contributed by atoms with Gasteiger partial charge in [-0.15, -0.1) is 5.10 Å². The molecule has 0 bridgehead atoms. The Kier molecular flexibility index (Phi) is 3.04. The predicted octanol–water partition coefficient (Wildman–Crippen LogP) is 1.74. The molecule has 2 heterocycles. The van der Waals surface area contributed by atoms with Gasteiger partial charge in [-0.2, -0.15) is 0 Å². The molecule has 0 aliphatic heterocycles. The zero-order valence-electron chi connectivity index (χ0n) is 10.1. The zero-order chi connectivity index (χ0) is 13.1. The van der Waals surface area contributed by atoms with E-state index in [-0.39, 0.29) is 0 Å². The van der Waals surface area contributed by atoms with Crippen molar-refractivity contribution in [1.82, 2.24) is 20.0 Å². The third-order valence-electron chi connectivity index (χ3n) is 2.88. The van der Waals surface area contributed by atoms with Crippen molar-refractivity contribution in [1.29, 1.82) is 0 Å². The number of aliphatic hydroxyl groups is 1. The van der Waals surface area contributed by atoms with E-state index in [1.807, 2.05) is 30.3 Å². The highest BCUT2D eigenvalue weighted by Crippen LogP contribution is 2.22. The van der Waals surface area contributed by atoms with Crippen molar-refractivity contribution in [2.75, 3.05) is 0 Å². The van der Waals surface area contributed by atoms with Gasteiger partial charge >= 0.3 is 0 Å². The van der Waals surface area contributed by atoms with Crippen molar-refractivity contribution < 1.29 is 5.11 Å². The minimum atomic E-state index is -0.779. The summed E-state index contributed by atoms with van der Waals surface area (Å²) < 4.78 is 1.63. The smallest absolute Gasteiger partial charge is 0.123 e. The van der Waals surface area contributed by atoms with Crippen LogP contribution in [0.25, 0.3) is 5.69 Å². The Morgan fingerprint density at radius 2 is 1.74 bits per heavy atom. The van der Waals surface area contributed by atoms with E-state index in [1.165, 1.54) is 0 Å². The second-order valence-electron chi connectivity index (χ2n) is 4.09. The number of benzene rings is 1. The lowest BCUT2D eigenvalue weighted by atomic mass is 10.1. The number of hydrogen-bond donors (Lipinski definition) is 1. The van der Waals surface area contributed by atoms with Crippen molar-refractivity contribution >= 4 is 0 Å². The molecule has 1 N–H and O–H groups in total. The molecule has 0 aliphatic carbocycles. The highest BCUT2D eigenvalue weighted by atomic mass is 16.3. The van der Waals surface area contributed by atoms with Crippen LogP contribution in [0.4, 0.5) is 0 Å². The molecule has 0 radical (unpaired) electrons. The van der Waals surface area contributed by atoms with E-state index in [0.29, 0.717) is 5.69 Å². The molecule has 1 aromatic carbocycles. The first kappa shape index (κ1) is 11.6. The van der Waals surface area contributed by atoms with Gasteiger partial charge in [0.05, 0.1) is 17.6 Å². The Balaban J connectivity index is 2.01. The topological polar surface area (TPSA) is 63.8 Å². The fourth-order valence-corrected chi connectivity index (χ4v) is 1.92. The lowest BCUT2D eigenvalue weighted by molar-refractivity contribution is 0.212. The molecule has 0 amide bonds. The summed E-state index contributed by atoms with van der Waals surface area (Å²) in [5.74, 6) is 0. The van der Waals surface area contributed by atoms with Crippen molar-refractivity contribution in [3.8, 4) is 5.69 Å². The molecule has 1 atom stereocenters. The summed E-state index contributed by atoms with van der Waals surface area (Å²) in [7, 11) is 0. The molecule has 0 saturated heterocycles. The molecule has 0 fully saturated rings. The number of para-hydroxylation sites is 1. The van der Waals surface area contributed by atoms with Crippen LogP contribution in [0.3, 0.4) is 0 Å². The van der Waals surface area contributed by atoms with Crippen LogP contribution in [0.1, 0.15) is 17.4 Å². The van der Waals surface area contributed by atoms with Crippen molar-refractivity contribution in [3.05, 3.63) is 72.3 Å². The first-order chi connectivity index (χ1) is 9.36. The largest absolute Gasteiger partial charge is 0.382 e. The third-order valence-corrected chi connectivity index (χ3v) is 2.88. The normalized spacial score (nSPS) is 12.3. The van der Waals surface area contributed by atoms with Crippen LogP contribution in [0.2, 0.25) is 0 Å². The zero-order valence-corrected chi connectivity index (χ0v) is 10.1. The summed E-state index contributed by atoms with van der Waals surface area (Å²) in [6.07, 6.45) is 4.08. The molecular formula is C14H12N4O. The number of rotatable bonds is 3. The fraction of sp³-hybridized carbons (Fsp3) is 0.0714. The number of nitrogens with zero attached hydrogens (tertiary/aromatic N) is 4. The number of hydrogen-bond acceptors (Lipinski definition) is 4. The van der Waals surface area contributed by atoms with Crippen LogP contribution >= 0.6 is 0 Å². The van der Waals surface area contributed by atoms with Gasteiger partial charge in [0, 0.05) is 12.4 Å². The molecule has 5 nitrogen and oxygen atoms in total. The van der Waals surface area contributed by atoms with Crippen molar-refractivity contribution in [2.24, 2.45) is 0 Å². The van der Waals surface area contributed by atoms with Gasteiger partial charge in [0.1, 0.15) is 6.10 Å². The fourth-order valence-electron chi connectivity index (χ4n) is 1.92. The lowest BCUT2D eigenvalue weighted by Crippen LogP contribution is -2.08. The Labute approximate surface area is 110 Å². The Morgan fingerprint density at radius 1 is 1.00 bits per heavy atom. The molecule has 94 valence electrons. The second kappa shape index (κ2) is 4.99. The summed E-state index contributed by atoms with van der Waals surface area (Å²) in [6, 6.07) is 13.1. The minimum absolute atomic E-state index is 0.623. The third kappa shape index (κ3) is 2.23. The molecular weight excluding hydrogens is 240 g/mol. The number of aliphatic hydroxyl groups excluding tert-OH is 1. The molecule has 5 heteroatoms. The van der Waals surface area contributed by atoms with Crippen LogP contribution in [0, 0.1) is 0 Å². The van der Waals surface area contributed by atoms with Crippen LogP contribution in [-0.4, -0.2) is 25.1 Å². The molecule has 3 aromatic rings. The highest BCUT2D eigenvalue weighted by Gasteiger charge is 2.17. The Hall–Kier alpha value is -2.53.